The molecule has 0 saturated heterocycles. The van der Waals surface area contributed by atoms with Crippen LogP contribution in [0.3, 0.4) is 0 Å². The van der Waals surface area contributed by atoms with Crippen LogP contribution >= 0.6 is 11.3 Å². The topological polar surface area (TPSA) is 41.0 Å². The molecule has 2 aromatic heterocycles. The standard InChI is InChI=1S/C13H18N4S/c1-14-9-12-10-18-13(16-12)17(2)8-6-11-5-3-4-7-15-11/h3-5,7,10,14H,6,8-9H2,1-2H3. The van der Waals surface area contributed by atoms with Gasteiger partial charge in [0, 0.05) is 43.8 Å². The van der Waals surface area contributed by atoms with Crippen molar-refractivity contribution in [1.29, 1.82) is 0 Å². The van der Waals surface area contributed by atoms with Crippen LogP contribution in [0.25, 0.3) is 0 Å². The highest BCUT2D eigenvalue weighted by Gasteiger charge is 2.06. The van der Waals surface area contributed by atoms with Crippen molar-refractivity contribution in [1.82, 2.24) is 15.3 Å². The zero-order valence-electron chi connectivity index (χ0n) is 10.8. The average Bonchev–Trinajstić information content (AvgIpc) is 2.86. The Kier molecular flexibility index (Phi) is 4.66. The van der Waals surface area contributed by atoms with Crippen molar-refractivity contribution >= 4 is 16.5 Å². The van der Waals surface area contributed by atoms with E-state index >= 15 is 0 Å². The van der Waals surface area contributed by atoms with Gasteiger partial charge >= 0.3 is 0 Å². The van der Waals surface area contributed by atoms with Crippen LogP contribution in [0, 0.1) is 0 Å². The van der Waals surface area contributed by atoms with Crippen molar-refractivity contribution < 1.29 is 0 Å². The molecule has 0 aliphatic carbocycles. The van der Waals surface area contributed by atoms with Crippen molar-refractivity contribution in [2.45, 2.75) is 13.0 Å². The number of hydrogen-bond acceptors (Lipinski definition) is 5. The normalized spacial score (nSPS) is 10.6. The lowest BCUT2D eigenvalue weighted by Crippen LogP contribution is -2.20. The summed E-state index contributed by atoms with van der Waals surface area (Å²) in [6, 6.07) is 6.02. The molecule has 0 fully saturated rings. The van der Waals surface area contributed by atoms with Crippen LogP contribution in [0.4, 0.5) is 5.13 Å². The Morgan fingerprint density at radius 3 is 2.94 bits per heavy atom. The van der Waals surface area contributed by atoms with Gasteiger partial charge in [-0.2, -0.15) is 0 Å². The fourth-order valence-electron chi connectivity index (χ4n) is 1.66. The number of pyridine rings is 1. The molecule has 0 radical (unpaired) electrons. The summed E-state index contributed by atoms with van der Waals surface area (Å²) in [5, 5.41) is 6.28. The number of rotatable bonds is 6. The molecule has 0 unspecified atom stereocenters. The Morgan fingerprint density at radius 2 is 2.22 bits per heavy atom. The first-order valence-electron chi connectivity index (χ1n) is 5.99. The van der Waals surface area contributed by atoms with E-state index in [4.69, 9.17) is 0 Å². The third kappa shape index (κ3) is 3.51. The maximum atomic E-state index is 4.57. The van der Waals surface area contributed by atoms with Gasteiger partial charge in [-0.25, -0.2) is 4.98 Å². The molecule has 0 bridgehead atoms. The van der Waals surface area contributed by atoms with Crippen molar-refractivity contribution in [3.63, 3.8) is 0 Å². The van der Waals surface area contributed by atoms with E-state index in [9.17, 15) is 0 Å². The maximum Gasteiger partial charge on any atom is 0.185 e. The smallest absolute Gasteiger partial charge is 0.185 e. The van der Waals surface area contributed by atoms with E-state index < -0.39 is 0 Å². The van der Waals surface area contributed by atoms with E-state index in [2.05, 4.69) is 38.7 Å². The number of anilines is 1. The van der Waals surface area contributed by atoms with Gasteiger partial charge < -0.3 is 10.2 Å². The summed E-state index contributed by atoms with van der Waals surface area (Å²) in [5.41, 5.74) is 2.22. The second kappa shape index (κ2) is 6.47. The van der Waals surface area contributed by atoms with Gasteiger partial charge in [-0.05, 0) is 19.2 Å². The predicted octanol–water partition coefficient (Wildman–Crippen LogP) is 1.94. The molecule has 0 aliphatic heterocycles. The zero-order valence-corrected chi connectivity index (χ0v) is 11.6. The molecule has 0 amide bonds. The van der Waals surface area contributed by atoms with E-state index in [1.54, 1.807) is 11.3 Å². The first kappa shape index (κ1) is 13.0. The molecule has 18 heavy (non-hydrogen) atoms. The zero-order chi connectivity index (χ0) is 12.8. The quantitative estimate of drug-likeness (QED) is 0.864. The number of aromatic nitrogens is 2. The Morgan fingerprint density at radius 1 is 1.33 bits per heavy atom. The van der Waals surface area contributed by atoms with Crippen molar-refractivity contribution in [2.24, 2.45) is 0 Å². The summed E-state index contributed by atoms with van der Waals surface area (Å²) in [5.74, 6) is 0. The highest BCUT2D eigenvalue weighted by molar-refractivity contribution is 7.13. The van der Waals surface area contributed by atoms with E-state index in [0.717, 1.165) is 36.0 Å². The second-order valence-electron chi connectivity index (χ2n) is 4.14. The maximum absolute atomic E-state index is 4.57. The van der Waals surface area contributed by atoms with Gasteiger partial charge in [0.2, 0.25) is 0 Å². The summed E-state index contributed by atoms with van der Waals surface area (Å²) in [6.45, 7) is 1.76. The molecule has 0 aromatic carbocycles. The molecule has 5 heteroatoms. The molecular formula is C13H18N4S. The van der Waals surface area contributed by atoms with Crippen LogP contribution in [0.1, 0.15) is 11.4 Å². The minimum Gasteiger partial charge on any atom is -0.351 e. The van der Waals surface area contributed by atoms with E-state index in [-0.39, 0.29) is 0 Å². The summed E-state index contributed by atoms with van der Waals surface area (Å²) in [4.78, 5) is 11.1. The SMILES string of the molecule is CNCc1csc(N(C)CCc2ccccn2)n1. The summed E-state index contributed by atoms with van der Waals surface area (Å²) in [6.07, 6.45) is 2.78. The van der Waals surface area contributed by atoms with Crippen LogP contribution in [0.15, 0.2) is 29.8 Å². The number of nitrogens with one attached hydrogen (secondary N) is 1. The van der Waals surface area contributed by atoms with Gasteiger partial charge in [-0.3, -0.25) is 4.98 Å². The van der Waals surface area contributed by atoms with Crippen LogP contribution in [0.2, 0.25) is 0 Å². The molecule has 96 valence electrons. The lowest BCUT2D eigenvalue weighted by molar-refractivity contribution is 0.789. The number of nitrogens with zero attached hydrogens (tertiary/aromatic N) is 3. The fraction of sp³-hybridized carbons (Fsp3) is 0.385. The van der Waals surface area contributed by atoms with E-state index in [1.807, 2.05) is 25.4 Å². The Bertz CT molecular complexity index is 469. The first-order chi connectivity index (χ1) is 8.79. The van der Waals surface area contributed by atoms with Crippen LogP contribution in [-0.4, -0.2) is 30.6 Å². The fourth-order valence-corrected chi connectivity index (χ4v) is 2.48. The molecule has 0 aliphatic rings. The predicted molar refractivity (Wildman–Crippen MR) is 76.1 cm³/mol. The summed E-state index contributed by atoms with van der Waals surface area (Å²) < 4.78 is 0. The third-order valence-electron chi connectivity index (χ3n) is 2.65. The first-order valence-corrected chi connectivity index (χ1v) is 6.87. The summed E-state index contributed by atoms with van der Waals surface area (Å²) >= 11 is 1.69. The average molecular weight is 262 g/mol. The summed E-state index contributed by atoms with van der Waals surface area (Å²) in [7, 11) is 4.01. The van der Waals surface area contributed by atoms with Crippen LogP contribution in [-0.2, 0) is 13.0 Å². The van der Waals surface area contributed by atoms with Crippen molar-refractivity contribution in [3.8, 4) is 0 Å². The Balaban J connectivity index is 1.89. The lowest BCUT2D eigenvalue weighted by Gasteiger charge is -2.15. The highest BCUT2D eigenvalue weighted by atomic mass is 32.1. The van der Waals surface area contributed by atoms with Crippen LogP contribution in [0.5, 0.6) is 0 Å². The van der Waals surface area contributed by atoms with Gasteiger partial charge in [-0.1, -0.05) is 6.07 Å². The molecule has 4 nitrogen and oxygen atoms in total. The molecule has 2 aromatic rings. The van der Waals surface area contributed by atoms with E-state index in [0.29, 0.717) is 0 Å². The lowest BCUT2D eigenvalue weighted by atomic mass is 10.2. The molecule has 2 heterocycles. The van der Waals surface area contributed by atoms with Gasteiger partial charge in [0.1, 0.15) is 0 Å². The molecule has 0 spiro atoms. The molecule has 1 N–H and O–H groups in total. The molecule has 0 atom stereocenters. The largest absolute Gasteiger partial charge is 0.351 e. The minimum atomic E-state index is 0.824. The second-order valence-corrected chi connectivity index (χ2v) is 4.98. The van der Waals surface area contributed by atoms with Gasteiger partial charge in [0.05, 0.1) is 5.69 Å². The Hall–Kier alpha value is -1.46. The third-order valence-corrected chi connectivity index (χ3v) is 3.66. The minimum absolute atomic E-state index is 0.824. The number of hydrogen-bond donors (Lipinski definition) is 1. The monoisotopic (exact) mass is 262 g/mol. The highest BCUT2D eigenvalue weighted by Crippen LogP contribution is 2.19. The number of thiazole rings is 1. The van der Waals surface area contributed by atoms with Gasteiger partial charge in [0.25, 0.3) is 0 Å². The van der Waals surface area contributed by atoms with Crippen LogP contribution < -0.4 is 10.2 Å². The van der Waals surface area contributed by atoms with E-state index in [1.165, 1.54) is 0 Å². The molecular weight excluding hydrogens is 244 g/mol. The van der Waals surface area contributed by atoms with Crippen molar-refractivity contribution in [2.75, 3.05) is 25.5 Å². The van der Waals surface area contributed by atoms with Gasteiger partial charge in [-0.15, -0.1) is 11.3 Å². The Labute approximate surface area is 112 Å². The molecule has 2 rings (SSSR count). The molecule has 0 saturated carbocycles. The van der Waals surface area contributed by atoms with Crippen molar-refractivity contribution in [3.05, 3.63) is 41.2 Å². The van der Waals surface area contributed by atoms with Gasteiger partial charge in [0.15, 0.2) is 5.13 Å². The number of likely N-dealkylation sites (N-methyl/N-ethyl adjacent to an activating group) is 1.